The molecule has 4 rings (SSSR count). The number of hydrogen-bond acceptors (Lipinski definition) is 4. The van der Waals surface area contributed by atoms with Crippen LogP contribution in [0.15, 0.2) is 48.5 Å². The highest BCUT2D eigenvalue weighted by Gasteiger charge is 2.23. The summed E-state index contributed by atoms with van der Waals surface area (Å²) in [6, 6.07) is 16.5. The molecule has 3 aromatic carbocycles. The van der Waals surface area contributed by atoms with Gasteiger partial charge in [-0.25, -0.2) is 4.98 Å². The Morgan fingerprint density at radius 1 is 0.889 bits per heavy atom. The Hall–Kier alpha value is -3.18. The van der Waals surface area contributed by atoms with Crippen molar-refractivity contribution in [2.45, 2.75) is 20.4 Å². The molecule has 5 N–H and O–H groups in total. The lowest BCUT2D eigenvalue weighted by Gasteiger charge is -2.11. The van der Waals surface area contributed by atoms with Gasteiger partial charge in [0.25, 0.3) is 0 Å². The van der Waals surface area contributed by atoms with E-state index in [2.05, 4.69) is 34.1 Å². The highest BCUT2D eigenvalue weighted by molar-refractivity contribution is 5.87. The minimum absolute atomic E-state index is 0.753. The van der Waals surface area contributed by atoms with Crippen molar-refractivity contribution in [2.75, 3.05) is 18.5 Å². The normalized spacial score (nSPS) is 11.4. The third kappa shape index (κ3) is 2.86. The van der Waals surface area contributed by atoms with E-state index in [9.17, 15) is 0 Å². The van der Waals surface area contributed by atoms with Crippen molar-refractivity contribution in [1.82, 2.24) is 10.3 Å². The van der Waals surface area contributed by atoms with Gasteiger partial charge in [0.05, 0.1) is 0 Å². The summed E-state index contributed by atoms with van der Waals surface area (Å²) in [6.07, 6.45) is 0. The smallest absolute Gasteiger partial charge is 0.239 e. The molecule has 0 atom stereocenters. The molecule has 0 aliphatic rings. The number of benzene rings is 3. The molecule has 4 aromatic rings. The first-order chi connectivity index (χ1) is 13.0. The average molecular weight is 358 g/mol. The monoisotopic (exact) mass is 358 g/mol. The third-order valence-corrected chi connectivity index (χ3v) is 5.05. The van der Waals surface area contributed by atoms with E-state index in [1.54, 1.807) is 0 Å². The Bertz CT molecular complexity index is 1110. The Morgan fingerprint density at radius 3 is 2.00 bits per heavy atom. The number of nitrogens with one attached hydrogen (secondary N) is 1. The largest absolute Gasteiger partial charge is 0.398 e. The zero-order valence-electron chi connectivity index (χ0n) is 15.9. The van der Waals surface area contributed by atoms with Gasteiger partial charge < -0.3 is 16.8 Å². The third-order valence-electron chi connectivity index (χ3n) is 5.05. The van der Waals surface area contributed by atoms with E-state index in [1.165, 1.54) is 5.56 Å². The number of fused-ring (bicyclic) bond motifs is 2. The molecule has 0 saturated carbocycles. The zero-order valence-corrected chi connectivity index (χ0v) is 15.9. The van der Waals surface area contributed by atoms with Crippen LogP contribution in [0.25, 0.3) is 27.8 Å². The summed E-state index contributed by atoms with van der Waals surface area (Å²) in [5, 5.41) is 3.25. The molecule has 0 radical (unpaired) electrons. The van der Waals surface area contributed by atoms with Gasteiger partial charge >= 0.3 is 0 Å². The molecule has 0 fully saturated rings. The average Bonchev–Trinajstić information content (AvgIpc) is 2.64. The number of para-hydroxylation sites is 1. The van der Waals surface area contributed by atoms with Gasteiger partial charge in [0.2, 0.25) is 16.7 Å². The molecule has 0 aliphatic carbocycles. The zero-order chi connectivity index (χ0) is 19.1. The molecule has 5 heteroatoms. The SMILES string of the molecule is CNCc1ccccc1-[n+]1c2cc(N)c(C)cc2nc2cc(C)c(N)cc21. The maximum atomic E-state index is 6.25. The standard InChI is InChI=1S/C22H23N5/c1-13-8-18-21(10-16(13)23)27(20-7-5-4-6-15(20)12-25-3)22-11-17(24)14(2)9-19(22)26-18/h4-11,25H,12H2,1-3H3,(H3,23,24)/p+1. The van der Waals surface area contributed by atoms with Gasteiger partial charge in [0.1, 0.15) is 11.0 Å². The first-order valence-electron chi connectivity index (χ1n) is 9.04. The van der Waals surface area contributed by atoms with Crippen molar-refractivity contribution in [2.24, 2.45) is 0 Å². The van der Waals surface area contributed by atoms with E-state index in [0.29, 0.717) is 0 Å². The molecule has 0 aliphatic heterocycles. The molecule has 0 unspecified atom stereocenters. The number of anilines is 2. The van der Waals surface area contributed by atoms with Crippen molar-refractivity contribution in [1.29, 1.82) is 0 Å². The fraction of sp³-hybridized carbons (Fsp3) is 0.182. The number of rotatable bonds is 3. The second-order valence-corrected chi connectivity index (χ2v) is 7.00. The number of nitrogens with two attached hydrogens (primary N) is 2. The van der Waals surface area contributed by atoms with Crippen LogP contribution in [0.2, 0.25) is 0 Å². The van der Waals surface area contributed by atoms with E-state index in [0.717, 1.165) is 56.8 Å². The van der Waals surface area contributed by atoms with Crippen LogP contribution in [-0.4, -0.2) is 12.0 Å². The molecular weight excluding hydrogens is 334 g/mol. The quantitative estimate of drug-likeness (QED) is 0.298. The Kier molecular flexibility index (Phi) is 4.16. The maximum absolute atomic E-state index is 6.25. The molecule has 136 valence electrons. The van der Waals surface area contributed by atoms with Gasteiger partial charge in [0.15, 0.2) is 0 Å². The van der Waals surface area contributed by atoms with Gasteiger partial charge in [-0.05, 0) is 44.2 Å². The predicted octanol–water partition coefficient (Wildman–Crippen LogP) is 3.17. The maximum Gasteiger partial charge on any atom is 0.239 e. The van der Waals surface area contributed by atoms with Crippen LogP contribution in [0.3, 0.4) is 0 Å². The molecular formula is C22H24N5+. The van der Waals surface area contributed by atoms with Crippen LogP contribution < -0.4 is 21.4 Å². The lowest BCUT2D eigenvalue weighted by atomic mass is 10.1. The molecule has 5 nitrogen and oxygen atoms in total. The van der Waals surface area contributed by atoms with E-state index < -0.39 is 0 Å². The number of nitrogens with zero attached hydrogens (tertiary/aromatic N) is 2. The van der Waals surface area contributed by atoms with E-state index >= 15 is 0 Å². The van der Waals surface area contributed by atoms with Crippen LogP contribution >= 0.6 is 0 Å². The highest BCUT2D eigenvalue weighted by atomic mass is 15.0. The Morgan fingerprint density at radius 2 is 1.44 bits per heavy atom. The summed E-state index contributed by atoms with van der Waals surface area (Å²) in [4.78, 5) is 4.90. The molecule has 1 aromatic heterocycles. The van der Waals surface area contributed by atoms with Gasteiger partial charge in [-0.15, -0.1) is 4.57 Å². The van der Waals surface area contributed by atoms with Crippen molar-refractivity contribution in [3.05, 3.63) is 65.2 Å². The van der Waals surface area contributed by atoms with Gasteiger partial charge in [-0.1, -0.05) is 18.2 Å². The van der Waals surface area contributed by atoms with Crippen molar-refractivity contribution >= 4 is 33.4 Å². The Balaban J connectivity index is 2.21. The predicted molar refractivity (Wildman–Crippen MR) is 112 cm³/mol. The molecule has 1 heterocycles. The van der Waals surface area contributed by atoms with Crippen molar-refractivity contribution < 1.29 is 4.57 Å². The lowest BCUT2D eigenvalue weighted by molar-refractivity contribution is -0.538. The topological polar surface area (TPSA) is 80.8 Å². The molecule has 0 saturated heterocycles. The van der Waals surface area contributed by atoms with Gasteiger partial charge in [-0.3, -0.25) is 0 Å². The van der Waals surface area contributed by atoms with Crippen LogP contribution in [0.5, 0.6) is 0 Å². The first-order valence-corrected chi connectivity index (χ1v) is 9.04. The number of nitrogen functional groups attached to an aromatic ring is 2. The van der Waals surface area contributed by atoms with Crippen molar-refractivity contribution in [3.8, 4) is 5.69 Å². The van der Waals surface area contributed by atoms with Crippen LogP contribution in [0, 0.1) is 13.8 Å². The fourth-order valence-corrected chi connectivity index (χ4v) is 3.52. The van der Waals surface area contributed by atoms with Gasteiger partial charge in [-0.2, -0.15) is 0 Å². The van der Waals surface area contributed by atoms with Gasteiger partial charge in [0, 0.05) is 41.7 Å². The van der Waals surface area contributed by atoms with Crippen LogP contribution in [0.4, 0.5) is 11.4 Å². The summed E-state index contributed by atoms with van der Waals surface area (Å²) >= 11 is 0. The van der Waals surface area contributed by atoms with Crippen LogP contribution in [0.1, 0.15) is 16.7 Å². The summed E-state index contributed by atoms with van der Waals surface area (Å²) in [7, 11) is 1.95. The summed E-state index contributed by atoms with van der Waals surface area (Å²) < 4.78 is 2.22. The van der Waals surface area contributed by atoms with Crippen molar-refractivity contribution in [3.63, 3.8) is 0 Å². The Labute approximate surface area is 158 Å². The molecule has 0 amide bonds. The summed E-state index contributed by atoms with van der Waals surface area (Å²) in [6.45, 7) is 4.78. The second-order valence-electron chi connectivity index (χ2n) is 7.00. The number of aromatic nitrogens is 2. The number of aryl methyl sites for hydroxylation is 2. The molecule has 27 heavy (non-hydrogen) atoms. The minimum Gasteiger partial charge on any atom is -0.398 e. The molecule has 0 spiro atoms. The first kappa shape index (κ1) is 17.2. The number of hydrogen-bond donors (Lipinski definition) is 3. The van der Waals surface area contributed by atoms with Crippen LogP contribution in [-0.2, 0) is 6.54 Å². The second kappa shape index (κ2) is 6.52. The van der Waals surface area contributed by atoms with E-state index in [4.69, 9.17) is 16.5 Å². The minimum atomic E-state index is 0.753. The summed E-state index contributed by atoms with van der Waals surface area (Å²) in [5.41, 5.74) is 22.1. The highest BCUT2D eigenvalue weighted by Crippen LogP contribution is 2.25. The molecule has 0 bridgehead atoms. The summed E-state index contributed by atoms with van der Waals surface area (Å²) in [5.74, 6) is 0. The lowest BCUT2D eigenvalue weighted by Crippen LogP contribution is -2.35. The van der Waals surface area contributed by atoms with E-state index in [1.807, 2.05) is 45.2 Å². The van der Waals surface area contributed by atoms with E-state index in [-0.39, 0.29) is 0 Å². The fourth-order valence-electron chi connectivity index (χ4n) is 3.52.